The largest absolute Gasteiger partial charge is 0.298 e. The van der Waals surface area contributed by atoms with Gasteiger partial charge in [-0.3, -0.25) is 9.36 Å². The van der Waals surface area contributed by atoms with Gasteiger partial charge in [-0.25, -0.2) is 4.39 Å². The number of rotatable bonds is 5. The molecule has 0 aliphatic heterocycles. The van der Waals surface area contributed by atoms with Gasteiger partial charge in [-0.15, -0.1) is 10.2 Å². The van der Waals surface area contributed by atoms with Gasteiger partial charge in [0.2, 0.25) is 0 Å². The number of nitrogens with zero attached hydrogens (tertiary/aromatic N) is 3. The zero-order valence-electron chi connectivity index (χ0n) is 14.8. The highest BCUT2D eigenvalue weighted by Crippen LogP contribution is 2.33. The molecule has 1 aromatic heterocycles. The van der Waals surface area contributed by atoms with Gasteiger partial charge in [0.15, 0.2) is 11.0 Å². The van der Waals surface area contributed by atoms with Crippen molar-refractivity contribution in [3.05, 3.63) is 66.0 Å². The van der Waals surface area contributed by atoms with Crippen molar-refractivity contribution in [2.75, 3.05) is 0 Å². The first-order valence-electron chi connectivity index (χ1n) is 9.13. The molecular formula is C21H20FN3OS. The molecule has 0 radical (unpaired) electrons. The van der Waals surface area contributed by atoms with E-state index in [0.29, 0.717) is 24.6 Å². The molecule has 0 bridgehead atoms. The lowest BCUT2D eigenvalue weighted by Crippen LogP contribution is -2.22. The highest BCUT2D eigenvalue weighted by atomic mass is 32.2. The number of ketones is 1. The smallest absolute Gasteiger partial charge is 0.192 e. The Bertz CT molecular complexity index is 924. The van der Waals surface area contributed by atoms with E-state index in [1.807, 2.05) is 22.8 Å². The average Bonchev–Trinajstić information content (AvgIpc) is 3.07. The van der Waals surface area contributed by atoms with Gasteiger partial charge < -0.3 is 0 Å². The van der Waals surface area contributed by atoms with E-state index in [-0.39, 0.29) is 11.1 Å². The van der Waals surface area contributed by atoms with Crippen molar-refractivity contribution in [1.29, 1.82) is 0 Å². The number of Topliss-reactive ketones (excluding diaryl/α,β-unsaturated/α-hetero) is 1. The topological polar surface area (TPSA) is 47.8 Å². The number of hydrogen-bond acceptors (Lipinski definition) is 4. The Morgan fingerprint density at radius 3 is 2.56 bits per heavy atom. The second kappa shape index (κ2) is 8.05. The van der Waals surface area contributed by atoms with Gasteiger partial charge in [-0.05, 0) is 42.7 Å². The summed E-state index contributed by atoms with van der Waals surface area (Å²) >= 11 is 1.50. The summed E-state index contributed by atoms with van der Waals surface area (Å²) in [5.74, 6) is 0.698. The van der Waals surface area contributed by atoms with Crippen LogP contribution < -0.4 is 0 Å². The number of hydrogen-bond donors (Lipinski definition) is 0. The van der Waals surface area contributed by atoms with Crippen LogP contribution in [0.5, 0.6) is 0 Å². The van der Waals surface area contributed by atoms with Crippen molar-refractivity contribution in [2.45, 2.75) is 42.6 Å². The number of carbonyl (C=O) groups excluding carboxylic acids is 1. The molecule has 1 heterocycles. The molecule has 0 saturated heterocycles. The van der Waals surface area contributed by atoms with E-state index >= 15 is 0 Å². The van der Waals surface area contributed by atoms with Crippen LogP contribution >= 0.6 is 11.8 Å². The Morgan fingerprint density at radius 2 is 1.81 bits per heavy atom. The Kier molecular flexibility index (Phi) is 5.34. The fourth-order valence-electron chi connectivity index (χ4n) is 3.30. The number of thioether (sulfide) groups is 1. The van der Waals surface area contributed by atoms with E-state index < -0.39 is 0 Å². The molecule has 0 spiro atoms. The molecule has 2 aromatic carbocycles. The summed E-state index contributed by atoms with van der Waals surface area (Å²) in [6.07, 6.45) is 3.58. The van der Waals surface area contributed by atoms with Gasteiger partial charge in [-0.2, -0.15) is 0 Å². The first-order valence-corrected chi connectivity index (χ1v) is 10.0. The van der Waals surface area contributed by atoms with Gasteiger partial charge in [-0.1, -0.05) is 48.5 Å². The summed E-state index contributed by atoms with van der Waals surface area (Å²) in [4.78, 5) is 12.3. The maximum atomic E-state index is 13.3. The van der Waals surface area contributed by atoms with Crippen LogP contribution in [0.15, 0.2) is 59.8 Å². The molecule has 4 rings (SSSR count). The zero-order valence-corrected chi connectivity index (χ0v) is 15.7. The maximum Gasteiger partial charge on any atom is 0.192 e. The van der Waals surface area contributed by atoms with Crippen LogP contribution in [0, 0.1) is 5.82 Å². The van der Waals surface area contributed by atoms with Gasteiger partial charge >= 0.3 is 0 Å². The van der Waals surface area contributed by atoms with E-state index in [9.17, 15) is 9.18 Å². The zero-order chi connectivity index (χ0) is 18.6. The van der Waals surface area contributed by atoms with E-state index in [1.165, 1.54) is 23.9 Å². The summed E-state index contributed by atoms with van der Waals surface area (Å²) in [7, 11) is 0. The second-order valence-corrected chi connectivity index (χ2v) is 7.87. The van der Waals surface area contributed by atoms with Crippen LogP contribution in [0.25, 0.3) is 11.4 Å². The van der Waals surface area contributed by atoms with Crippen LogP contribution in [0.1, 0.15) is 31.2 Å². The normalized spacial score (nSPS) is 17.2. The number of carbonyl (C=O) groups is 1. The van der Waals surface area contributed by atoms with E-state index in [1.54, 1.807) is 12.1 Å². The molecule has 1 aliphatic rings. The number of aromatic nitrogens is 3. The maximum absolute atomic E-state index is 13.3. The molecule has 6 heteroatoms. The molecule has 27 heavy (non-hydrogen) atoms. The monoisotopic (exact) mass is 381 g/mol. The van der Waals surface area contributed by atoms with Crippen molar-refractivity contribution in [1.82, 2.24) is 14.8 Å². The highest BCUT2D eigenvalue weighted by Gasteiger charge is 2.26. The van der Waals surface area contributed by atoms with E-state index in [4.69, 9.17) is 0 Å². The lowest BCUT2D eigenvalue weighted by Gasteiger charge is -2.20. The average molecular weight is 381 g/mol. The molecule has 0 amide bonds. The molecule has 138 valence electrons. The van der Waals surface area contributed by atoms with Crippen LogP contribution in [-0.4, -0.2) is 25.8 Å². The molecule has 0 N–H and O–H groups in total. The third kappa shape index (κ3) is 4.11. The lowest BCUT2D eigenvalue weighted by atomic mass is 9.99. The summed E-state index contributed by atoms with van der Waals surface area (Å²) < 4.78 is 15.3. The predicted octanol–water partition coefficient (Wildman–Crippen LogP) is 4.74. The standard InChI is InChI=1S/C21H20FN3OS/c22-17-12-10-16(11-13-17)20-23-24-21(27-19-9-5-4-8-18(19)26)25(20)14-15-6-2-1-3-7-15/h1-3,6-7,10-13,19H,4-5,8-9,14H2/t19-/m0/s1. The third-order valence-corrected chi connectivity index (χ3v) is 6.05. The molecule has 0 unspecified atom stereocenters. The van der Waals surface area contributed by atoms with Gasteiger partial charge in [0, 0.05) is 12.0 Å². The van der Waals surface area contributed by atoms with Crippen LogP contribution in [0.4, 0.5) is 4.39 Å². The quantitative estimate of drug-likeness (QED) is 0.641. The summed E-state index contributed by atoms with van der Waals surface area (Å²) in [6.45, 7) is 0.601. The van der Waals surface area contributed by atoms with Crippen molar-refractivity contribution >= 4 is 17.5 Å². The Morgan fingerprint density at radius 1 is 1.04 bits per heavy atom. The lowest BCUT2D eigenvalue weighted by molar-refractivity contribution is -0.119. The molecule has 3 aromatic rings. The van der Waals surface area contributed by atoms with E-state index in [2.05, 4.69) is 22.3 Å². The van der Waals surface area contributed by atoms with Crippen LogP contribution in [0.3, 0.4) is 0 Å². The minimum Gasteiger partial charge on any atom is -0.298 e. The Balaban J connectivity index is 1.69. The minimum absolute atomic E-state index is 0.0569. The molecule has 4 nitrogen and oxygen atoms in total. The third-order valence-electron chi connectivity index (χ3n) is 4.75. The van der Waals surface area contributed by atoms with Crippen molar-refractivity contribution in [3.8, 4) is 11.4 Å². The van der Waals surface area contributed by atoms with Crippen molar-refractivity contribution < 1.29 is 9.18 Å². The highest BCUT2D eigenvalue weighted by molar-refractivity contribution is 8.00. The van der Waals surface area contributed by atoms with E-state index in [0.717, 1.165) is 35.5 Å². The molecule has 1 aliphatic carbocycles. The molecule has 1 atom stereocenters. The predicted molar refractivity (Wildman–Crippen MR) is 104 cm³/mol. The molecular weight excluding hydrogens is 361 g/mol. The number of halogens is 1. The Labute approximate surface area is 161 Å². The van der Waals surface area contributed by atoms with Crippen LogP contribution in [0.2, 0.25) is 0 Å². The van der Waals surface area contributed by atoms with Crippen molar-refractivity contribution in [3.63, 3.8) is 0 Å². The van der Waals surface area contributed by atoms with Gasteiger partial charge in [0.1, 0.15) is 11.6 Å². The number of benzene rings is 2. The molecule has 1 saturated carbocycles. The Hall–Kier alpha value is -2.47. The van der Waals surface area contributed by atoms with Crippen molar-refractivity contribution in [2.24, 2.45) is 0 Å². The fourth-order valence-corrected chi connectivity index (χ4v) is 4.45. The first-order chi connectivity index (χ1) is 13.2. The van der Waals surface area contributed by atoms with Gasteiger partial charge in [0.05, 0.1) is 11.8 Å². The summed E-state index contributed by atoms with van der Waals surface area (Å²) in [5, 5.41) is 9.41. The van der Waals surface area contributed by atoms with Gasteiger partial charge in [0.25, 0.3) is 0 Å². The minimum atomic E-state index is -0.282. The second-order valence-electron chi connectivity index (χ2n) is 6.70. The summed E-state index contributed by atoms with van der Waals surface area (Å²) in [5.41, 5.74) is 1.93. The fraction of sp³-hybridized carbons (Fsp3) is 0.286. The van der Waals surface area contributed by atoms with Crippen LogP contribution in [-0.2, 0) is 11.3 Å². The SMILES string of the molecule is O=C1CCCC[C@@H]1Sc1nnc(-c2ccc(F)cc2)n1Cc1ccccc1. The first kappa shape index (κ1) is 17.9. The summed E-state index contributed by atoms with van der Waals surface area (Å²) in [6, 6.07) is 16.3. The molecule has 1 fully saturated rings.